The summed E-state index contributed by atoms with van der Waals surface area (Å²) in [5, 5.41) is 11.1. The number of ether oxygens (including phenoxy) is 1. The second-order valence-electron chi connectivity index (χ2n) is 6.79. The van der Waals surface area contributed by atoms with Crippen molar-refractivity contribution >= 4 is 16.9 Å². The van der Waals surface area contributed by atoms with Crippen molar-refractivity contribution in [3.63, 3.8) is 0 Å². The molecular weight excluding hydrogens is 352 g/mol. The number of aromatic nitrogens is 4. The molecule has 2 aromatic heterocycles. The molecule has 0 saturated heterocycles. The van der Waals surface area contributed by atoms with Crippen LogP contribution < -0.4 is 5.32 Å². The van der Waals surface area contributed by atoms with Crippen LogP contribution in [0.5, 0.6) is 0 Å². The van der Waals surface area contributed by atoms with Crippen LogP contribution in [0, 0.1) is 5.82 Å². The van der Waals surface area contributed by atoms with E-state index in [9.17, 15) is 8.78 Å². The highest BCUT2D eigenvalue weighted by molar-refractivity contribution is 5.85. The van der Waals surface area contributed by atoms with Crippen LogP contribution in [0.2, 0.25) is 0 Å². The highest BCUT2D eigenvalue weighted by atomic mass is 19.1. The maximum absolute atomic E-state index is 14.2. The smallest absolute Gasteiger partial charge is 0.160 e. The number of fused-ring (bicyclic) bond motifs is 1. The largest absolute Gasteiger partial charge is 0.375 e. The Hall–Kier alpha value is -2.61. The molecule has 27 heavy (non-hydrogen) atoms. The summed E-state index contributed by atoms with van der Waals surface area (Å²) in [5.74, 6) is 0.235. The molecule has 1 aromatic carbocycles. The van der Waals surface area contributed by atoms with Crippen molar-refractivity contribution in [1.82, 2.24) is 20.2 Å². The Morgan fingerprint density at radius 3 is 2.81 bits per heavy atom. The molecule has 1 atom stereocenters. The zero-order chi connectivity index (χ0) is 18.6. The lowest BCUT2D eigenvalue weighted by Crippen LogP contribution is -2.30. The highest BCUT2D eigenvalue weighted by Gasteiger charge is 2.24. The average molecular weight is 373 g/mol. The first-order valence-corrected chi connectivity index (χ1v) is 9.11. The molecule has 1 aliphatic carbocycles. The third kappa shape index (κ3) is 4.05. The van der Waals surface area contributed by atoms with Crippen molar-refractivity contribution in [2.45, 2.75) is 44.0 Å². The highest BCUT2D eigenvalue weighted by Crippen LogP contribution is 2.28. The van der Waals surface area contributed by atoms with E-state index in [-0.39, 0.29) is 24.3 Å². The van der Waals surface area contributed by atoms with Crippen LogP contribution in [0.4, 0.5) is 14.6 Å². The van der Waals surface area contributed by atoms with E-state index < -0.39 is 12.0 Å². The van der Waals surface area contributed by atoms with E-state index in [1.165, 1.54) is 18.5 Å². The number of anilines is 1. The molecule has 142 valence electrons. The van der Waals surface area contributed by atoms with Crippen LogP contribution >= 0.6 is 0 Å². The molecule has 3 aromatic rings. The van der Waals surface area contributed by atoms with Crippen molar-refractivity contribution < 1.29 is 13.5 Å². The zero-order valence-electron chi connectivity index (χ0n) is 14.7. The van der Waals surface area contributed by atoms with Crippen molar-refractivity contribution in [3.8, 4) is 0 Å². The third-order valence-corrected chi connectivity index (χ3v) is 4.98. The molecule has 0 spiro atoms. The van der Waals surface area contributed by atoms with Gasteiger partial charge in [-0.1, -0.05) is 18.2 Å². The summed E-state index contributed by atoms with van der Waals surface area (Å²) in [6.45, 7) is -0.120. The normalized spacial score (nSPS) is 21.3. The molecule has 1 aliphatic rings. The Bertz CT molecular complexity index is 894. The monoisotopic (exact) mass is 373 g/mol. The lowest BCUT2D eigenvalue weighted by molar-refractivity contribution is -0.00313. The van der Waals surface area contributed by atoms with E-state index in [4.69, 9.17) is 4.74 Å². The number of nitrogens with zero attached hydrogens (tertiary/aromatic N) is 3. The first-order chi connectivity index (χ1) is 13.2. The Morgan fingerprint density at radius 2 is 2.00 bits per heavy atom. The molecule has 8 heteroatoms. The molecule has 2 heterocycles. The maximum atomic E-state index is 14.2. The molecule has 0 radical (unpaired) electrons. The molecule has 1 fully saturated rings. The van der Waals surface area contributed by atoms with Crippen LogP contribution in [0.15, 0.2) is 36.8 Å². The summed E-state index contributed by atoms with van der Waals surface area (Å²) < 4.78 is 33.6. The van der Waals surface area contributed by atoms with Crippen molar-refractivity contribution in [3.05, 3.63) is 48.2 Å². The van der Waals surface area contributed by atoms with Gasteiger partial charge in [0.2, 0.25) is 0 Å². The van der Waals surface area contributed by atoms with Crippen LogP contribution in [0.3, 0.4) is 0 Å². The Labute approximate surface area is 155 Å². The summed E-state index contributed by atoms with van der Waals surface area (Å²) in [5.41, 5.74) is 0.757. The fourth-order valence-corrected chi connectivity index (χ4v) is 3.49. The number of aromatic amines is 1. The van der Waals surface area contributed by atoms with Gasteiger partial charge in [0.15, 0.2) is 11.8 Å². The summed E-state index contributed by atoms with van der Waals surface area (Å²) in [7, 11) is 0. The molecule has 6 nitrogen and oxygen atoms in total. The molecule has 4 rings (SSSR count). The Balaban J connectivity index is 1.27. The van der Waals surface area contributed by atoms with E-state index in [1.54, 1.807) is 18.3 Å². The average Bonchev–Trinajstić information content (AvgIpc) is 3.17. The molecule has 0 unspecified atom stereocenters. The predicted molar refractivity (Wildman–Crippen MR) is 97.6 cm³/mol. The summed E-state index contributed by atoms with van der Waals surface area (Å²) >= 11 is 0. The molecule has 1 saturated carbocycles. The van der Waals surface area contributed by atoms with Gasteiger partial charge in [-0.2, -0.15) is 5.10 Å². The number of hydrogen-bond acceptors (Lipinski definition) is 5. The summed E-state index contributed by atoms with van der Waals surface area (Å²) in [6, 6.07) is 6.18. The van der Waals surface area contributed by atoms with Crippen LogP contribution in [0.25, 0.3) is 11.0 Å². The number of rotatable bonds is 6. The van der Waals surface area contributed by atoms with E-state index in [0.717, 1.165) is 36.9 Å². The second kappa shape index (κ2) is 7.96. The molecule has 0 bridgehead atoms. The van der Waals surface area contributed by atoms with Gasteiger partial charge in [0.25, 0.3) is 0 Å². The van der Waals surface area contributed by atoms with Gasteiger partial charge >= 0.3 is 0 Å². The van der Waals surface area contributed by atoms with Crippen molar-refractivity contribution in [2.24, 2.45) is 0 Å². The van der Waals surface area contributed by atoms with Gasteiger partial charge in [0.05, 0.1) is 24.3 Å². The van der Waals surface area contributed by atoms with Crippen molar-refractivity contribution in [2.75, 3.05) is 11.9 Å². The Morgan fingerprint density at radius 1 is 1.19 bits per heavy atom. The zero-order valence-corrected chi connectivity index (χ0v) is 14.7. The number of H-pyrrole nitrogens is 1. The standard InChI is InChI=1S/C19H21F2N5O/c20-16-4-2-1-3-14(16)17(21)10-27-13-7-5-12(6-8-13)25-18-15-9-24-26-19(15)23-11-22-18/h1-4,9,11-13,17H,5-8,10H2,(H2,22,23,24,25,26)/t12-,13-,17-/m1/s1. The molecular formula is C19H21F2N5O. The minimum absolute atomic E-state index is 0.00702. The first kappa shape index (κ1) is 17.8. The third-order valence-electron chi connectivity index (χ3n) is 4.98. The van der Waals surface area contributed by atoms with Crippen LogP contribution in [-0.2, 0) is 4.74 Å². The van der Waals surface area contributed by atoms with Gasteiger partial charge in [-0.05, 0) is 31.7 Å². The SMILES string of the molecule is Fc1ccccc1[C@H](F)CO[C@H]1CC[C@H](Nc2ncnc3[nH]ncc23)CC1. The number of nitrogens with one attached hydrogen (secondary N) is 2. The van der Waals surface area contributed by atoms with Crippen LogP contribution in [0.1, 0.15) is 37.4 Å². The van der Waals surface area contributed by atoms with E-state index in [0.29, 0.717) is 5.65 Å². The fraction of sp³-hybridized carbons (Fsp3) is 0.421. The number of alkyl halides is 1. The first-order valence-electron chi connectivity index (χ1n) is 9.11. The van der Waals surface area contributed by atoms with Crippen molar-refractivity contribution in [1.29, 1.82) is 0 Å². The van der Waals surface area contributed by atoms with E-state index >= 15 is 0 Å². The minimum Gasteiger partial charge on any atom is -0.375 e. The number of halogens is 2. The minimum atomic E-state index is -1.45. The number of benzene rings is 1. The number of hydrogen-bond donors (Lipinski definition) is 2. The van der Waals surface area contributed by atoms with Gasteiger partial charge in [-0.25, -0.2) is 18.7 Å². The quantitative estimate of drug-likeness (QED) is 0.684. The molecule has 2 N–H and O–H groups in total. The second-order valence-corrected chi connectivity index (χ2v) is 6.79. The van der Waals surface area contributed by atoms with Gasteiger partial charge in [0, 0.05) is 11.6 Å². The van der Waals surface area contributed by atoms with E-state index in [2.05, 4.69) is 25.5 Å². The van der Waals surface area contributed by atoms with Gasteiger partial charge in [0.1, 0.15) is 18.0 Å². The topological polar surface area (TPSA) is 75.7 Å². The Kier molecular flexibility index (Phi) is 5.24. The fourth-order valence-electron chi connectivity index (χ4n) is 3.49. The lowest BCUT2D eigenvalue weighted by atomic mass is 9.93. The molecule has 0 aliphatic heterocycles. The van der Waals surface area contributed by atoms with Gasteiger partial charge < -0.3 is 10.1 Å². The van der Waals surface area contributed by atoms with E-state index in [1.807, 2.05) is 0 Å². The summed E-state index contributed by atoms with van der Waals surface area (Å²) in [6.07, 6.45) is 5.18. The van der Waals surface area contributed by atoms with Crippen LogP contribution in [-0.4, -0.2) is 38.9 Å². The predicted octanol–water partition coefficient (Wildman–Crippen LogP) is 3.94. The molecule has 0 amide bonds. The lowest BCUT2D eigenvalue weighted by Gasteiger charge is -2.30. The maximum Gasteiger partial charge on any atom is 0.160 e. The van der Waals surface area contributed by atoms with Gasteiger partial charge in [-0.15, -0.1) is 0 Å². The van der Waals surface area contributed by atoms with Gasteiger partial charge in [-0.3, -0.25) is 5.10 Å². The summed E-state index contributed by atoms with van der Waals surface area (Å²) in [4.78, 5) is 8.42.